The summed E-state index contributed by atoms with van der Waals surface area (Å²) in [6.45, 7) is 6.54. The fourth-order valence-corrected chi connectivity index (χ4v) is 1.60. The standard InChI is InChI=1S/C12H23N3O/c1-4-6-7-8-11-9-13-14-15(11)10-12(3,16)5-2/h9,16H,4-8,10H2,1-3H3/t12-/m0/s1. The molecule has 1 aromatic rings. The topological polar surface area (TPSA) is 50.9 Å². The number of hydrogen-bond donors (Lipinski definition) is 1. The van der Waals surface area contributed by atoms with Gasteiger partial charge in [0.25, 0.3) is 0 Å². The second-order valence-electron chi connectivity index (χ2n) is 4.69. The summed E-state index contributed by atoms with van der Waals surface area (Å²) in [6.07, 6.45) is 7.14. The third kappa shape index (κ3) is 3.93. The maximum atomic E-state index is 10.0. The van der Waals surface area contributed by atoms with Crippen molar-refractivity contribution in [2.75, 3.05) is 0 Å². The number of aryl methyl sites for hydroxylation is 1. The van der Waals surface area contributed by atoms with Crippen LogP contribution in [0.3, 0.4) is 0 Å². The lowest BCUT2D eigenvalue weighted by atomic mass is 10.0. The fraction of sp³-hybridized carbons (Fsp3) is 0.833. The van der Waals surface area contributed by atoms with Crippen molar-refractivity contribution >= 4 is 0 Å². The summed E-state index contributed by atoms with van der Waals surface area (Å²) >= 11 is 0. The molecule has 1 rings (SSSR count). The van der Waals surface area contributed by atoms with Crippen LogP contribution < -0.4 is 0 Å². The van der Waals surface area contributed by atoms with Gasteiger partial charge in [-0.1, -0.05) is 31.9 Å². The average molecular weight is 225 g/mol. The molecule has 16 heavy (non-hydrogen) atoms. The van der Waals surface area contributed by atoms with E-state index in [9.17, 15) is 5.11 Å². The molecule has 0 radical (unpaired) electrons. The molecule has 0 saturated carbocycles. The summed E-state index contributed by atoms with van der Waals surface area (Å²) in [6, 6.07) is 0. The SMILES string of the molecule is CCCCCc1cnnn1C[C@@](C)(O)CC. The second-order valence-corrected chi connectivity index (χ2v) is 4.69. The molecule has 1 N–H and O–H groups in total. The largest absolute Gasteiger partial charge is 0.388 e. The minimum atomic E-state index is -0.687. The zero-order valence-corrected chi connectivity index (χ0v) is 10.6. The van der Waals surface area contributed by atoms with Crippen molar-refractivity contribution in [3.8, 4) is 0 Å². The van der Waals surface area contributed by atoms with Gasteiger partial charge in [-0.3, -0.25) is 0 Å². The molecule has 0 saturated heterocycles. The molecule has 92 valence electrons. The van der Waals surface area contributed by atoms with Gasteiger partial charge in [-0.15, -0.1) is 5.10 Å². The lowest BCUT2D eigenvalue weighted by Crippen LogP contribution is -2.30. The molecule has 1 atom stereocenters. The lowest BCUT2D eigenvalue weighted by Gasteiger charge is -2.21. The molecule has 0 amide bonds. The van der Waals surface area contributed by atoms with E-state index in [1.807, 2.05) is 18.5 Å². The number of nitrogens with zero attached hydrogens (tertiary/aromatic N) is 3. The number of hydrogen-bond acceptors (Lipinski definition) is 3. The summed E-state index contributed by atoms with van der Waals surface area (Å²) in [5, 5.41) is 18.0. The lowest BCUT2D eigenvalue weighted by molar-refractivity contribution is 0.0331. The minimum absolute atomic E-state index is 0.533. The molecule has 0 fully saturated rings. The molecule has 4 heteroatoms. The molecule has 0 aliphatic rings. The van der Waals surface area contributed by atoms with E-state index >= 15 is 0 Å². The van der Waals surface area contributed by atoms with Crippen molar-refractivity contribution in [1.82, 2.24) is 15.0 Å². The van der Waals surface area contributed by atoms with Crippen LogP contribution in [0.5, 0.6) is 0 Å². The second kappa shape index (κ2) is 5.99. The Morgan fingerprint density at radius 3 is 2.75 bits per heavy atom. The maximum Gasteiger partial charge on any atom is 0.0813 e. The Hall–Kier alpha value is -0.900. The fourth-order valence-electron chi connectivity index (χ4n) is 1.60. The maximum absolute atomic E-state index is 10.0. The molecular formula is C12H23N3O. The summed E-state index contributed by atoms with van der Waals surface area (Å²) in [5.41, 5.74) is 0.440. The summed E-state index contributed by atoms with van der Waals surface area (Å²) < 4.78 is 1.83. The molecule has 0 aliphatic carbocycles. The number of rotatable bonds is 7. The Kier molecular flexibility index (Phi) is 4.93. The van der Waals surface area contributed by atoms with Gasteiger partial charge in [0, 0.05) is 0 Å². The first kappa shape index (κ1) is 13.2. The third-order valence-electron chi connectivity index (χ3n) is 2.99. The van der Waals surface area contributed by atoms with Crippen LogP contribution in [0, 0.1) is 0 Å². The molecule has 0 spiro atoms. The van der Waals surface area contributed by atoms with Crippen molar-refractivity contribution < 1.29 is 5.11 Å². The summed E-state index contributed by atoms with van der Waals surface area (Å²) in [7, 11) is 0. The molecular weight excluding hydrogens is 202 g/mol. The predicted molar refractivity (Wildman–Crippen MR) is 64.2 cm³/mol. The van der Waals surface area contributed by atoms with E-state index in [0.717, 1.165) is 25.0 Å². The molecule has 1 heterocycles. The van der Waals surface area contributed by atoms with E-state index in [1.165, 1.54) is 12.8 Å². The van der Waals surface area contributed by atoms with Gasteiger partial charge in [-0.2, -0.15) is 0 Å². The molecule has 1 aromatic heterocycles. The van der Waals surface area contributed by atoms with E-state index in [0.29, 0.717) is 6.54 Å². The van der Waals surface area contributed by atoms with Crippen LogP contribution in [0.15, 0.2) is 6.20 Å². The van der Waals surface area contributed by atoms with Crippen molar-refractivity contribution in [1.29, 1.82) is 0 Å². The monoisotopic (exact) mass is 225 g/mol. The highest BCUT2D eigenvalue weighted by atomic mass is 16.3. The van der Waals surface area contributed by atoms with Crippen LogP contribution in [0.2, 0.25) is 0 Å². The zero-order valence-electron chi connectivity index (χ0n) is 10.6. The Balaban J connectivity index is 2.56. The van der Waals surface area contributed by atoms with Gasteiger partial charge in [0.05, 0.1) is 24.0 Å². The molecule has 0 aromatic carbocycles. The highest BCUT2D eigenvalue weighted by Gasteiger charge is 2.20. The van der Waals surface area contributed by atoms with Gasteiger partial charge in [0.15, 0.2) is 0 Å². The Bertz CT molecular complexity index is 307. The van der Waals surface area contributed by atoms with Crippen LogP contribution in [0.4, 0.5) is 0 Å². The van der Waals surface area contributed by atoms with E-state index in [1.54, 1.807) is 6.20 Å². The molecule has 0 bridgehead atoms. The van der Waals surface area contributed by atoms with Crippen LogP contribution in [-0.4, -0.2) is 25.7 Å². The smallest absolute Gasteiger partial charge is 0.0813 e. The number of unbranched alkanes of at least 4 members (excludes halogenated alkanes) is 2. The van der Waals surface area contributed by atoms with Gasteiger partial charge >= 0.3 is 0 Å². The molecule has 0 unspecified atom stereocenters. The van der Waals surface area contributed by atoms with Crippen molar-refractivity contribution in [3.05, 3.63) is 11.9 Å². The zero-order chi connectivity index (χ0) is 12.0. The number of aliphatic hydroxyl groups is 1. The number of aromatic nitrogens is 3. The third-order valence-corrected chi connectivity index (χ3v) is 2.99. The van der Waals surface area contributed by atoms with E-state index in [4.69, 9.17) is 0 Å². The molecule has 0 aliphatic heterocycles. The Labute approximate surface area is 97.7 Å². The summed E-state index contributed by atoms with van der Waals surface area (Å²) in [4.78, 5) is 0. The van der Waals surface area contributed by atoms with Crippen LogP contribution in [0.25, 0.3) is 0 Å². The Morgan fingerprint density at radius 2 is 2.12 bits per heavy atom. The van der Waals surface area contributed by atoms with E-state index < -0.39 is 5.60 Å². The first-order valence-electron chi connectivity index (χ1n) is 6.19. The van der Waals surface area contributed by atoms with Gasteiger partial charge in [0.1, 0.15) is 0 Å². The van der Waals surface area contributed by atoms with Gasteiger partial charge in [-0.25, -0.2) is 4.68 Å². The molecule has 4 nitrogen and oxygen atoms in total. The quantitative estimate of drug-likeness (QED) is 0.724. The predicted octanol–water partition coefficient (Wildman–Crippen LogP) is 2.17. The van der Waals surface area contributed by atoms with Crippen LogP contribution in [0.1, 0.15) is 52.1 Å². The van der Waals surface area contributed by atoms with Crippen molar-refractivity contribution in [2.45, 2.75) is 65.0 Å². The van der Waals surface area contributed by atoms with Gasteiger partial charge in [0.2, 0.25) is 0 Å². The first-order chi connectivity index (χ1) is 7.59. The average Bonchev–Trinajstić information content (AvgIpc) is 2.66. The first-order valence-corrected chi connectivity index (χ1v) is 6.19. The van der Waals surface area contributed by atoms with Crippen molar-refractivity contribution in [3.63, 3.8) is 0 Å². The normalized spacial score (nSPS) is 15.0. The van der Waals surface area contributed by atoms with Crippen LogP contribution in [-0.2, 0) is 13.0 Å². The van der Waals surface area contributed by atoms with Crippen LogP contribution >= 0.6 is 0 Å². The van der Waals surface area contributed by atoms with Crippen molar-refractivity contribution in [2.24, 2.45) is 0 Å². The summed E-state index contributed by atoms with van der Waals surface area (Å²) in [5.74, 6) is 0. The highest BCUT2D eigenvalue weighted by Crippen LogP contribution is 2.13. The van der Waals surface area contributed by atoms with E-state index in [-0.39, 0.29) is 0 Å². The minimum Gasteiger partial charge on any atom is -0.388 e. The van der Waals surface area contributed by atoms with Gasteiger partial charge in [-0.05, 0) is 26.2 Å². The van der Waals surface area contributed by atoms with Gasteiger partial charge < -0.3 is 5.11 Å². The highest BCUT2D eigenvalue weighted by molar-refractivity contribution is 4.95. The van der Waals surface area contributed by atoms with E-state index in [2.05, 4.69) is 17.2 Å². The Morgan fingerprint density at radius 1 is 1.38 bits per heavy atom.